The molecule has 4 rings (SSSR count). The van der Waals surface area contributed by atoms with Gasteiger partial charge in [0.05, 0.1) is 12.7 Å². The van der Waals surface area contributed by atoms with Gasteiger partial charge in [-0.25, -0.2) is 14.5 Å². The third-order valence-electron chi connectivity index (χ3n) is 5.70. The molecule has 2 heterocycles. The van der Waals surface area contributed by atoms with Crippen molar-refractivity contribution in [1.82, 2.24) is 9.55 Å². The molecule has 1 fully saturated rings. The van der Waals surface area contributed by atoms with Crippen molar-refractivity contribution in [2.45, 2.75) is 31.0 Å². The number of aromatic nitrogens is 2. The van der Waals surface area contributed by atoms with Gasteiger partial charge in [-0.1, -0.05) is 36.4 Å². The van der Waals surface area contributed by atoms with E-state index in [4.69, 9.17) is 13.7 Å². The molecule has 38 heavy (non-hydrogen) atoms. The van der Waals surface area contributed by atoms with Crippen molar-refractivity contribution >= 4 is 30.0 Å². The Morgan fingerprint density at radius 3 is 2.39 bits per heavy atom. The number of hydrogen-bond acceptors (Lipinski definition) is 11. The number of amides is 1. The molecular formula is C25H25N3O9S. The molecule has 200 valence electrons. The van der Waals surface area contributed by atoms with Crippen molar-refractivity contribution in [3.8, 4) is 0 Å². The van der Waals surface area contributed by atoms with Crippen LogP contribution in [0.2, 0.25) is 0 Å². The van der Waals surface area contributed by atoms with Crippen LogP contribution in [0.15, 0.2) is 77.7 Å². The predicted molar refractivity (Wildman–Crippen MR) is 135 cm³/mol. The highest BCUT2D eigenvalue weighted by atomic mass is 32.2. The maximum atomic E-state index is 12.9. The number of rotatable bonds is 10. The standard InChI is InChI=1S/C25H25N3O9S/c1-25(32)20(36-38-37-33-2)18(15-34-22(30)17-11-7-4-8-12-17)35-23(25)28-14-13-19(27-24(28)31)26-21(29)16-9-5-3-6-10-16/h3-14,18,20,23,32H,15H2,1-2H3,(H,26,27,29,31)/t18-,20+,23-,25?/m1/s1. The summed E-state index contributed by atoms with van der Waals surface area (Å²) in [6.45, 7) is 1.10. The molecule has 2 N–H and O–H groups in total. The van der Waals surface area contributed by atoms with Crippen LogP contribution in [0.3, 0.4) is 0 Å². The zero-order chi connectivity index (χ0) is 27.1. The van der Waals surface area contributed by atoms with Gasteiger partial charge in [0.15, 0.2) is 18.6 Å². The molecule has 13 heteroatoms. The Bertz CT molecular complexity index is 1300. The Morgan fingerprint density at radius 2 is 1.76 bits per heavy atom. The largest absolute Gasteiger partial charge is 0.459 e. The van der Waals surface area contributed by atoms with Crippen LogP contribution in [0.4, 0.5) is 5.82 Å². The van der Waals surface area contributed by atoms with Crippen LogP contribution in [-0.2, 0) is 22.9 Å². The number of aliphatic hydroxyl groups is 1. The number of esters is 1. The first-order valence-electron chi connectivity index (χ1n) is 11.4. The Balaban J connectivity index is 1.52. The number of hydrogen-bond donors (Lipinski definition) is 2. The summed E-state index contributed by atoms with van der Waals surface area (Å²) in [4.78, 5) is 46.1. The average molecular weight is 544 g/mol. The first kappa shape index (κ1) is 27.4. The van der Waals surface area contributed by atoms with E-state index < -0.39 is 41.6 Å². The van der Waals surface area contributed by atoms with Crippen LogP contribution >= 0.6 is 12.3 Å². The fraction of sp³-hybridized carbons (Fsp3) is 0.280. The van der Waals surface area contributed by atoms with Gasteiger partial charge in [0, 0.05) is 11.8 Å². The zero-order valence-corrected chi connectivity index (χ0v) is 21.2. The molecule has 0 bridgehead atoms. The van der Waals surface area contributed by atoms with Gasteiger partial charge in [0.25, 0.3) is 5.91 Å². The van der Waals surface area contributed by atoms with E-state index in [1.807, 2.05) is 0 Å². The van der Waals surface area contributed by atoms with Crippen molar-refractivity contribution in [1.29, 1.82) is 0 Å². The molecule has 1 saturated heterocycles. The molecule has 1 unspecified atom stereocenters. The number of nitrogens with zero attached hydrogens (tertiary/aromatic N) is 2. The molecule has 12 nitrogen and oxygen atoms in total. The number of anilines is 1. The number of ether oxygens (including phenoxy) is 2. The lowest BCUT2D eigenvalue weighted by Gasteiger charge is -2.29. The molecule has 3 aromatic rings. The van der Waals surface area contributed by atoms with E-state index in [1.165, 1.54) is 26.3 Å². The lowest BCUT2D eigenvalue weighted by molar-refractivity contribution is -0.171. The van der Waals surface area contributed by atoms with Gasteiger partial charge in [-0.3, -0.25) is 13.5 Å². The molecule has 2 aromatic carbocycles. The fourth-order valence-corrected chi connectivity index (χ4v) is 4.36. The predicted octanol–water partition coefficient (Wildman–Crippen LogP) is 2.53. The minimum absolute atomic E-state index is 0.0166. The molecule has 0 saturated carbocycles. The quantitative estimate of drug-likeness (QED) is 0.128. The Kier molecular flexibility index (Phi) is 8.89. The summed E-state index contributed by atoms with van der Waals surface area (Å²) in [6, 6.07) is 18.2. The third-order valence-corrected chi connectivity index (χ3v) is 6.18. The van der Waals surface area contributed by atoms with Crippen LogP contribution < -0.4 is 11.0 Å². The first-order valence-corrected chi connectivity index (χ1v) is 12.1. The zero-order valence-electron chi connectivity index (χ0n) is 20.4. The van der Waals surface area contributed by atoms with Gasteiger partial charge in [0.2, 0.25) is 0 Å². The number of carbonyl (C=O) groups is 2. The van der Waals surface area contributed by atoms with Gasteiger partial charge in [-0.2, -0.15) is 4.98 Å². The van der Waals surface area contributed by atoms with E-state index in [0.29, 0.717) is 23.5 Å². The molecule has 1 aliphatic heterocycles. The van der Waals surface area contributed by atoms with Crippen molar-refractivity contribution in [3.05, 3.63) is 94.5 Å². The summed E-state index contributed by atoms with van der Waals surface area (Å²) in [7, 11) is 1.27. The van der Waals surface area contributed by atoms with Gasteiger partial charge in [-0.05, 0) is 37.3 Å². The molecule has 1 amide bonds. The summed E-state index contributed by atoms with van der Waals surface area (Å²) < 4.78 is 22.6. The first-order chi connectivity index (χ1) is 18.3. The van der Waals surface area contributed by atoms with Crippen molar-refractivity contribution in [2.75, 3.05) is 19.0 Å². The minimum Gasteiger partial charge on any atom is -0.459 e. The molecule has 0 spiro atoms. The molecule has 1 aliphatic rings. The highest BCUT2D eigenvalue weighted by molar-refractivity contribution is 7.89. The van der Waals surface area contributed by atoms with Crippen LogP contribution in [0.5, 0.6) is 0 Å². The maximum absolute atomic E-state index is 12.9. The Labute approximate surface area is 221 Å². The van der Waals surface area contributed by atoms with Crippen LogP contribution in [0.25, 0.3) is 0 Å². The van der Waals surface area contributed by atoms with Crippen molar-refractivity contribution in [2.24, 2.45) is 0 Å². The SMILES string of the molecule is COOSO[C@H]1[C@@H](COC(=O)c2ccccc2)O[C@@H](n2ccc(NC(=O)c3ccccc3)nc2=O)C1(C)O. The molecule has 1 aromatic heterocycles. The smallest absolute Gasteiger partial charge is 0.351 e. The van der Waals surface area contributed by atoms with Crippen molar-refractivity contribution in [3.63, 3.8) is 0 Å². The van der Waals surface area contributed by atoms with E-state index in [-0.39, 0.29) is 12.4 Å². The van der Waals surface area contributed by atoms with E-state index in [0.717, 1.165) is 4.57 Å². The second-order valence-electron chi connectivity index (χ2n) is 8.36. The summed E-state index contributed by atoms with van der Waals surface area (Å²) in [5.74, 6) is -1.03. The Morgan fingerprint density at radius 1 is 1.11 bits per heavy atom. The summed E-state index contributed by atoms with van der Waals surface area (Å²) >= 11 is 0.443. The topological polar surface area (TPSA) is 147 Å². The third kappa shape index (κ3) is 6.27. The normalized spacial score (nSPS) is 22.7. The molecular weight excluding hydrogens is 518 g/mol. The minimum atomic E-state index is -1.81. The summed E-state index contributed by atoms with van der Waals surface area (Å²) in [6.07, 6.45) is -2.08. The summed E-state index contributed by atoms with van der Waals surface area (Å²) in [5, 5.41) is 13.9. The van der Waals surface area contributed by atoms with Crippen LogP contribution in [0, 0.1) is 0 Å². The van der Waals surface area contributed by atoms with E-state index in [1.54, 1.807) is 60.7 Å². The van der Waals surface area contributed by atoms with E-state index in [9.17, 15) is 19.5 Å². The lowest BCUT2D eigenvalue weighted by atomic mass is 9.96. The second-order valence-corrected chi connectivity index (χ2v) is 8.82. The van der Waals surface area contributed by atoms with Gasteiger partial charge >= 0.3 is 11.7 Å². The molecule has 0 radical (unpaired) electrons. The van der Waals surface area contributed by atoms with Gasteiger partial charge in [0.1, 0.15) is 30.2 Å². The van der Waals surface area contributed by atoms with Crippen molar-refractivity contribution < 1.29 is 37.6 Å². The number of carbonyl (C=O) groups excluding carboxylic acids is 2. The molecule has 4 atom stereocenters. The highest BCUT2D eigenvalue weighted by Crippen LogP contribution is 2.41. The van der Waals surface area contributed by atoms with E-state index >= 15 is 0 Å². The number of nitrogens with one attached hydrogen (secondary N) is 1. The highest BCUT2D eigenvalue weighted by Gasteiger charge is 2.56. The van der Waals surface area contributed by atoms with Crippen LogP contribution in [0.1, 0.15) is 33.9 Å². The monoisotopic (exact) mass is 543 g/mol. The Hall–Kier alpha value is -3.59. The van der Waals surface area contributed by atoms with Crippen LogP contribution in [-0.4, -0.2) is 58.1 Å². The van der Waals surface area contributed by atoms with E-state index in [2.05, 4.69) is 19.5 Å². The van der Waals surface area contributed by atoms with Gasteiger partial charge in [-0.15, -0.1) is 4.33 Å². The fourth-order valence-electron chi connectivity index (χ4n) is 3.87. The molecule has 0 aliphatic carbocycles. The average Bonchev–Trinajstić information content (AvgIpc) is 3.17. The maximum Gasteiger partial charge on any atom is 0.351 e. The summed E-state index contributed by atoms with van der Waals surface area (Å²) in [5.41, 5.74) is -1.89. The lowest BCUT2D eigenvalue weighted by Crippen LogP contribution is -2.47. The van der Waals surface area contributed by atoms with Gasteiger partial charge < -0.3 is 19.9 Å². The number of benzene rings is 2. The second kappa shape index (κ2) is 12.3.